The van der Waals surface area contributed by atoms with Gasteiger partial charge in [0.05, 0.1) is 16.6 Å². The molecule has 0 aliphatic carbocycles. The summed E-state index contributed by atoms with van der Waals surface area (Å²) in [5.74, 6) is -2.75. The molecule has 0 fully saturated rings. The first-order valence-electron chi connectivity index (χ1n) is 8.24. The minimum Gasteiger partial charge on any atom is -0.227 e. The molecule has 1 N–H and O–H groups in total. The highest BCUT2D eigenvalue weighted by Gasteiger charge is 2.54. The van der Waals surface area contributed by atoms with E-state index in [1.807, 2.05) is 0 Å². The van der Waals surface area contributed by atoms with Gasteiger partial charge in [0, 0.05) is 10.0 Å². The van der Waals surface area contributed by atoms with Crippen LogP contribution in [0, 0.1) is 17.1 Å². The molecule has 0 bridgehead atoms. The van der Waals surface area contributed by atoms with Crippen molar-refractivity contribution in [2.75, 3.05) is 5.75 Å². The van der Waals surface area contributed by atoms with E-state index in [9.17, 15) is 30.0 Å². The molecule has 12 heteroatoms. The van der Waals surface area contributed by atoms with E-state index in [0.717, 1.165) is 26.0 Å². The lowest BCUT2D eigenvalue weighted by Gasteiger charge is -2.37. The Morgan fingerprint density at radius 3 is 2.07 bits per heavy atom. The number of hydrogen-bond acceptors (Lipinski definition) is 5. The van der Waals surface area contributed by atoms with Crippen molar-refractivity contribution in [1.29, 1.82) is 5.26 Å². The molecule has 0 aliphatic heterocycles. The quantitative estimate of drug-likeness (QED) is 0.594. The first-order chi connectivity index (χ1) is 12.8. The minimum absolute atomic E-state index is 0.130. The zero-order chi connectivity index (χ0) is 23.1. The van der Waals surface area contributed by atoms with Crippen molar-refractivity contribution in [1.82, 2.24) is 4.72 Å². The number of nitriles is 1. The number of nitrogens with one attached hydrogen (secondary N) is 1. The fourth-order valence-corrected chi connectivity index (χ4v) is 5.13. The number of hydrogen-bond donors (Lipinski definition) is 1. The summed E-state index contributed by atoms with van der Waals surface area (Å²) in [7, 11) is -9.22. The lowest BCUT2D eigenvalue weighted by atomic mass is 9.93. The smallest absolute Gasteiger partial charge is 0.227 e. The molecule has 0 radical (unpaired) electrons. The van der Waals surface area contributed by atoms with Crippen molar-refractivity contribution in [3.05, 3.63) is 34.1 Å². The molecule has 0 heterocycles. The van der Waals surface area contributed by atoms with Crippen LogP contribution in [0.25, 0.3) is 0 Å². The molecule has 0 aromatic heterocycles. The SMILES string of the molecule is CC(C)(C#N)S(=O)(=O)C[C@](NS(=O)(=O)C(C)(C)C)(c1cc(Br)ccc1F)C(F)F. The van der Waals surface area contributed by atoms with E-state index in [1.165, 1.54) is 32.9 Å². The lowest BCUT2D eigenvalue weighted by molar-refractivity contribution is 0.0514. The maximum atomic E-state index is 14.6. The number of sulfonamides is 1. The van der Waals surface area contributed by atoms with E-state index in [0.29, 0.717) is 0 Å². The maximum absolute atomic E-state index is 14.6. The van der Waals surface area contributed by atoms with Gasteiger partial charge in [-0.2, -0.15) is 9.98 Å². The molecule has 0 unspecified atom stereocenters. The van der Waals surface area contributed by atoms with E-state index in [-0.39, 0.29) is 4.47 Å². The van der Waals surface area contributed by atoms with Gasteiger partial charge in [0.2, 0.25) is 10.0 Å². The van der Waals surface area contributed by atoms with Crippen LogP contribution in [0.4, 0.5) is 13.2 Å². The van der Waals surface area contributed by atoms with Crippen molar-refractivity contribution in [2.45, 2.75) is 56.1 Å². The number of alkyl halides is 2. The molecule has 1 aromatic rings. The van der Waals surface area contributed by atoms with E-state index in [1.54, 1.807) is 4.72 Å². The predicted molar refractivity (Wildman–Crippen MR) is 107 cm³/mol. The molecule has 6 nitrogen and oxygen atoms in total. The van der Waals surface area contributed by atoms with Gasteiger partial charge < -0.3 is 0 Å². The monoisotopic (exact) mass is 518 g/mol. The fraction of sp³-hybridized carbons (Fsp3) is 0.588. The maximum Gasteiger partial charge on any atom is 0.262 e. The highest BCUT2D eigenvalue weighted by atomic mass is 79.9. The fourth-order valence-electron chi connectivity index (χ4n) is 2.17. The van der Waals surface area contributed by atoms with Gasteiger partial charge in [-0.15, -0.1) is 0 Å². The Hall–Kier alpha value is -1.16. The summed E-state index contributed by atoms with van der Waals surface area (Å²) in [6, 6.07) is 4.40. The largest absolute Gasteiger partial charge is 0.262 e. The van der Waals surface area contributed by atoms with Gasteiger partial charge in [-0.25, -0.2) is 30.0 Å². The topological polar surface area (TPSA) is 104 Å². The third-order valence-corrected chi connectivity index (χ3v) is 9.59. The summed E-state index contributed by atoms with van der Waals surface area (Å²) in [6.45, 7) is 5.64. The highest BCUT2D eigenvalue weighted by molar-refractivity contribution is 9.10. The zero-order valence-corrected chi connectivity index (χ0v) is 19.6. The standard InChI is InChI=1S/C17H22BrF3N2O4S2/c1-15(2,3)29(26,27)23-17(14(20)21,10-28(24,25)16(4,5)9-22)12-8-11(18)6-7-13(12)19/h6-8,14,23H,10H2,1-5H3/t17-/m0/s1. The molecule has 0 saturated carbocycles. The van der Waals surface area contributed by atoms with Crippen LogP contribution >= 0.6 is 15.9 Å². The van der Waals surface area contributed by atoms with Gasteiger partial charge >= 0.3 is 0 Å². The number of nitrogens with zero attached hydrogens (tertiary/aromatic N) is 1. The number of sulfone groups is 1. The Morgan fingerprint density at radius 1 is 1.14 bits per heavy atom. The molecule has 164 valence electrons. The van der Waals surface area contributed by atoms with Crippen molar-refractivity contribution in [3.63, 3.8) is 0 Å². The molecular formula is C17H22BrF3N2O4S2. The second-order valence-electron chi connectivity index (χ2n) is 8.00. The number of benzene rings is 1. The van der Waals surface area contributed by atoms with Gasteiger partial charge in [-0.1, -0.05) is 15.9 Å². The molecule has 1 atom stereocenters. The van der Waals surface area contributed by atoms with E-state index in [4.69, 9.17) is 5.26 Å². The van der Waals surface area contributed by atoms with Gasteiger partial charge in [0.1, 0.15) is 11.4 Å². The van der Waals surface area contributed by atoms with Crippen LogP contribution in [-0.4, -0.2) is 38.5 Å². The highest BCUT2D eigenvalue weighted by Crippen LogP contribution is 2.38. The second-order valence-corrected chi connectivity index (χ2v) is 13.9. The van der Waals surface area contributed by atoms with E-state index in [2.05, 4.69) is 15.9 Å². The van der Waals surface area contributed by atoms with Crippen LogP contribution in [-0.2, 0) is 25.4 Å². The Kier molecular flexibility index (Phi) is 7.29. The Balaban J connectivity index is 3.94. The average Bonchev–Trinajstić information content (AvgIpc) is 2.54. The third-order valence-electron chi connectivity index (χ3n) is 4.37. The molecule has 1 rings (SSSR count). The Morgan fingerprint density at radius 2 is 1.66 bits per heavy atom. The Labute approximate surface area is 177 Å². The predicted octanol–water partition coefficient (Wildman–Crippen LogP) is 3.48. The van der Waals surface area contributed by atoms with Gasteiger partial charge in [-0.3, -0.25) is 0 Å². The molecule has 1 aromatic carbocycles. The van der Waals surface area contributed by atoms with Crippen LogP contribution in [0.1, 0.15) is 40.2 Å². The van der Waals surface area contributed by atoms with Gasteiger partial charge in [0.25, 0.3) is 6.43 Å². The van der Waals surface area contributed by atoms with Crippen LogP contribution in [0.3, 0.4) is 0 Å². The van der Waals surface area contributed by atoms with Crippen molar-refractivity contribution in [2.24, 2.45) is 0 Å². The van der Waals surface area contributed by atoms with Crippen LogP contribution in [0.2, 0.25) is 0 Å². The van der Waals surface area contributed by atoms with Crippen molar-refractivity contribution >= 4 is 35.8 Å². The third kappa shape index (κ3) is 5.13. The van der Waals surface area contributed by atoms with E-state index < -0.39 is 58.5 Å². The summed E-state index contributed by atoms with van der Waals surface area (Å²) in [5.41, 5.74) is -4.01. The molecule has 0 saturated heterocycles. The van der Waals surface area contributed by atoms with Crippen LogP contribution in [0.15, 0.2) is 22.7 Å². The van der Waals surface area contributed by atoms with Crippen LogP contribution in [0.5, 0.6) is 0 Å². The van der Waals surface area contributed by atoms with Crippen molar-refractivity contribution in [3.8, 4) is 6.07 Å². The molecule has 29 heavy (non-hydrogen) atoms. The molecular weight excluding hydrogens is 497 g/mol. The summed E-state index contributed by atoms with van der Waals surface area (Å²) in [5, 5.41) is 9.16. The summed E-state index contributed by atoms with van der Waals surface area (Å²) in [6.07, 6.45) is -3.66. The Bertz CT molecular complexity index is 1030. The second kappa shape index (κ2) is 8.17. The van der Waals surface area contributed by atoms with Crippen molar-refractivity contribution < 1.29 is 30.0 Å². The minimum atomic E-state index is -4.66. The normalized spacial score (nSPS) is 15.8. The first kappa shape index (κ1) is 25.9. The average molecular weight is 519 g/mol. The van der Waals surface area contributed by atoms with Crippen LogP contribution < -0.4 is 4.72 Å². The first-order valence-corrected chi connectivity index (χ1v) is 12.2. The number of halogens is 4. The van der Waals surface area contributed by atoms with Gasteiger partial charge in [0.15, 0.2) is 14.6 Å². The molecule has 0 amide bonds. The summed E-state index contributed by atoms with van der Waals surface area (Å²) < 4.78 is 92.6. The zero-order valence-electron chi connectivity index (χ0n) is 16.4. The summed E-state index contributed by atoms with van der Waals surface area (Å²) >= 11 is 3.00. The summed E-state index contributed by atoms with van der Waals surface area (Å²) in [4.78, 5) is 0. The lowest BCUT2D eigenvalue weighted by Crippen LogP contribution is -2.60. The molecule has 0 spiro atoms. The van der Waals surface area contributed by atoms with Gasteiger partial charge in [-0.05, 0) is 52.8 Å². The van der Waals surface area contributed by atoms with E-state index >= 15 is 0 Å². The number of rotatable bonds is 7. The molecule has 0 aliphatic rings.